The maximum Gasteiger partial charge on any atom is 0.0322 e. The molecular formula is C10H22ClN. The molecular weight excluding hydrogens is 170 g/mol. The summed E-state index contributed by atoms with van der Waals surface area (Å²) in [5.41, 5.74) is 0. The Balaban J connectivity index is 3.25. The van der Waals surface area contributed by atoms with Crippen molar-refractivity contribution in [1.29, 1.82) is 0 Å². The van der Waals surface area contributed by atoms with E-state index in [0.29, 0.717) is 6.04 Å². The zero-order valence-electron chi connectivity index (χ0n) is 8.73. The molecule has 0 saturated carbocycles. The first-order chi connectivity index (χ1) is 5.52. The Morgan fingerprint density at radius 1 is 1.17 bits per heavy atom. The molecule has 0 rings (SSSR count). The summed E-state index contributed by atoms with van der Waals surface area (Å²) in [4.78, 5) is 0. The molecule has 0 radical (unpaired) electrons. The van der Waals surface area contributed by atoms with E-state index in [1.165, 1.54) is 6.42 Å². The van der Waals surface area contributed by atoms with Crippen molar-refractivity contribution in [3.63, 3.8) is 0 Å². The number of hydrogen-bond acceptors (Lipinski definition) is 1. The fourth-order valence-corrected chi connectivity index (χ4v) is 1.46. The largest absolute Gasteiger partial charge is 0.314 e. The van der Waals surface area contributed by atoms with Gasteiger partial charge in [0.05, 0.1) is 0 Å². The summed E-state index contributed by atoms with van der Waals surface area (Å²) in [6.45, 7) is 9.84. The van der Waals surface area contributed by atoms with Crippen molar-refractivity contribution in [2.75, 3.05) is 6.54 Å². The predicted octanol–water partition coefficient (Wildman–Crippen LogP) is 3.03. The first-order valence-corrected chi connectivity index (χ1v) is 5.33. The molecule has 0 saturated heterocycles. The van der Waals surface area contributed by atoms with Crippen LogP contribution >= 0.6 is 11.6 Å². The maximum absolute atomic E-state index is 5.87. The van der Waals surface area contributed by atoms with Crippen molar-refractivity contribution >= 4 is 11.6 Å². The van der Waals surface area contributed by atoms with Crippen molar-refractivity contribution in [3.8, 4) is 0 Å². The third kappa shape index (κ3) is 8.35. The van der Waals surface area contributed by atoms with Crippen molar-refractivity contribution in [2.24, 2.45) is 5.92 Å². The molecule has 0 bridgehead atoms. The van der Waals surface area contributed by atoms with Gasteiger partial charge in [-0.1, -0.05) is 13.8 Å². The number of rotatable bonds is 6. The minimum atomic E-state index is 0.284. The van der Waals surface area contributed by atoms with Crippen LogP contribution in [0.3, 0.4) is 0 Å². The number of nitrogens with one attached hydrogen (secondary N) is 1. The van der Waals surface area contributed by atoms with Crippen molar-refractivity contribution < 1.29 is 0 Å². The monoisotopic (exact) mass is 191 g/mol. The molecule has 0 aromatic rings. The zero-order valence-corrected chi connectivity index (χ0v) is 9.49. The molecule has 0 aliphatic carbocycles. The molecule has 2 atom stereocenters. The van der Waals surface area contributed by atoms with Crippen LogP contribution < -0.4 is 5.32 Å². The van der Waals surface area contributed by atoms with E-state index >= 15 is 0 Å². The fourth-order valence-electron chi connectivity index (χ4n) is 1.19. The van der Waals surface area contributed by atoms with Crippen LogP contribution in [0.15, 0.2) is 0 Å². The van der Waals surface area contributed by atoms with Gasteiger partial charge in [0.1, 0.15) is 0 Å². The maximum atomic E-state index is 5.87. The van der Waals surface area contributed by atoms with Gasteiger partial charge < -0.3 is 5.32 Å². The van der Waals surface area contributed by atoms with Crippen molar-refractivity contribution in [1.82, 2.24) is 5.32 Å². The van der Waals surface area contributed by atoms with Gasteiger partial charge in [0, 0.05) is 11.4 Å². The second-order valence-corrected chi connectivity index (χ2v) is 4.80. The van der Waals surface area contributed by atoms with Gasteiger partial charge in [0.15, 0.2) is 0 Å². The fraction of sp³-hybridized carbons (Fsp3) is 1.00. The van der Waals surface area contributed by atoms with Gasteiger partial charge in [-0.3, -0.25) is 0 Å². The average molecular weight is 192 g/mol. The van der Waals surface area contributed by atoms with Crippen LogP contribution in [0.2, 0.25) is 0 Å². The van der Waals surface area contributed by atoms with E-state index in [4.69, 9.17) is 11.6 Å². The standard InChI is InChI=1S/C10H22ClN/c1-8(2)5-6-12-10(4)7-9(3)11/h8-10,12H,5-7H2,1-4H3. The minimum absolute atomic E-state index is 0.284. The first-order valence-electron chi connectivity index (χ1n) is 4.89. The molecule has 74 valence electrons. The van der Waals surface area contributed by atoms with E-state index in [0.717, 1.165) is 18.9 Å². The van der Waals surface area contributed by atoms with Crippen LogP contribution in [-0.2, 0) is 0 Å². The van der Waals surface area contributed by atoms with Crippen LogP contribution in [0.5, 0.6) is 0 Å². The van der Waals surface area contributed by atoms with Gasteiger partial charge in [-0.05, 0) is 39.2 Å². The van der Waals surface area contributed by atoms with Crippen LogP contribution in [-0.4, -0.2) is 18.0 Å². The molecule has 1 nitrogen and oxygen atoms in total. The Morgan fingerprint density at radius 2 is 1.75 bits per heavy atom. The lowest BCUT2D eigenvalue weighted by Gasteiger charge is -2.15. The quantitative estimate of drug-likeness (QED) is 0.637. The molecule has 1 N–H and O–H groups in total. The highest BCUT2D eigenvalue weighted by atomic mass is 35.5. The van der Waals surface area contributed by atoms with E-state index in [9.17, 15) is 0 Å². The molecule has 0 amide bonds. The van der Waals surface area contributed by atoms with Gasteiger partial charge in [-0.25, -0.2) is 0 Å². The molecule has 0 aliphatic rings. The summed E-state index contributed by atoms with van der Waals surface area (Å²) in [6.07, 6.45) is 2.31. The molecule has 2 unspecified atom stereocenters. The van der Waals surface area contributed by atoms with Crippen molar-refractivity contribution in [3.05, 3.63) is 0 Å². The Morgan fingerprint density at radius 3 is 2.17 bits per heavy atom. The average Bonchev–Trinajstić information content (AvgIpc) is 1.84. The zero-order chi connectivity index (χ0) is 9.56. The van der Waals surface area contributed by atoms with E-state index in [-0.39, 0.29) is 5.38 Å². The van der Waals surface area contributed by atoms with E-state index in [1.54, 1.807) is 0 Å². The first kappa shape index (κ1) is 12.2. The van der Waals surface area contributed by atoms with E-state index < -0.39 is 0 Å². The summed E-state index contributed by atoms with van der Waals surface area (Å²) in [5.74, 6) is 0.790. The molecule has 0 spiro atoms. The number of halogens is 1. The summed E-state index contributed by atoms with van der Waals surface area (Å²) in [7, 11) is 0. The molecule has 0 heterocycles. The molecule has 0 aliphatic heterocycles. The lowest BCUT2D eigenvalue weighted by molar-refractivity contribution is 0.468. The van der Waals surface area contributed by atoms with Gasteiger partial charge in [0.2, 0.25) is 0 Å². The van der Waals surface area contributed by atoms with E-state index in [2.05, 4.69) is 26.1 Å². The van der Waals surface area contributed by atoms with Gasteiger partial charge in [0.25, 0.3) is 0 Å². The highest BCUT2D eigenvalue weighted by molar-refractivity contribution is 6.20. The highest BCUT2D eigenvalue weighted by Gasteiger charge is 2.04. The Kier molecular flexibility index (Phi) is 6.87. The van der Waals surface area contributed by atoms with Crippen LogP contribution in [0.1, 0.15) is 40.5 Å². The Hall–Kier alpha value is 0.250. The van der Waals surface area contributed by atoms with Crippen LogP contribution in [0.4, 0.5) is 0 Å². The van der Waals surface area contributed by atoms with Crippen LogP contribution in [0.25, 0.3) is 0 Å². The smallest absolute Gasteiger partial charge is 0.0322 e. The topological polar surface area (TPSA) is 12.0 Å². The SMILES string of the molecule is CC(C)CCNC(C)CC(C)Cl. The normalized spacial score (nSPS) is 16.5. The predicted molar refractivity (Wildman–Crippen MR) is 56.9 cm³/mol. The van der Waals surface area contributed by atoms with Gasteiger partial charge >= 0.3 is 0 Å². The summed E-state index contributed by atoms with van der Waals surface area (Å²) in [5, 5.41) is 3.74. The number of alkyl halides is 1. The third-order valence-corrected chi connectivity index (χ3v) is 2.07. The molecule has 0 aromatic heterocycles. The summed E-state index contributed by atoms with van der Waals surface area (Å²) < 4.78 is 0. The molecule has 2 heteroatoms. The minimum Gasteiger partial charge on any atom is -0.314 e. The lowest BCUT2D eigenvalue weighted by atomic mass is 10.1. The Labute approximate surface area is 81.9 Å². The molecule has 0 fully saturated rings. The molecule has 12 heavy (non-hydrogen) atoms. The third-order valence-electron chi connectivity index (χ3n) is 1.89. The second kappa shape index (κ2) is 6.73. The molecule has 0 aromatic carbocycles. The van der Waals surface area contributed by atoms with Gasteiger partial charge in [-0.2, -0.15) is 0 Å². The van der Waals surface area contributed by atoms with Crippen molar-refractivity contribution in [2.45, 2.75) is 52.0 Å². The van der Waals surface area contributed by atoms with Gasteiger partial charge in [-0.15, -0.1) is 11.6 Å². The highest BCUT2D eigenvalue weighted by Crippen LogP contribution is 2.04. The summed E-state index contributed by atoms with van der Waals surface area (Å²) >= 11 is 5.87. The Bertz CT molecular complexity index is 102. The summed E-state index contributed by atoms with van der Waals surface area (Å²) in [6, 6.07) is 0.552. The second-order valence-electron chi connectivity index (χ2n) is 4.05. The number of hydrogen-bond donors (Lipinski definition) is 1. The van der Waals surface area contributed by atoms with Crippen LogP contribution in [0, 0.1) is 5.92 Å². The van der Waals surface area contributed by atoms with E-state index in [1.807, 2.05) is 6.92 Å². The lowest BCUT2D eigenvalue weighted by Crippen LogP contribution is -2.29.